The summed E-state index contributed by atoms with van der Waals surface area (Å²) in [6.45, 7) is 10.8. The van der Waals surface area contributed by atoms with Crippen LogP contribution in [-0.2, 0) is 9.31 Å². The summed E-state index contributed by atoms with van der Waals surface area (Å²) in [6, 6.07) is 1.21. The lowest BCUT2D eigenvalue weighted by molar-refractivity contribution is 0.00578. The first-order chi connectivity index (χ1) is 9.34. The van der Waals surface area contributed by atoms with Crippen molar-refractivity contribution in [2.75, 3.05) is 6.61 Å². The molecule has 1 aromatic heterocycles. The van der Waals surface area contributed by atoms with Crippen LogP contribution in [0.2, 0.25) is 0 Å². The van der Waals surface area contributed by atoms with Crippen LogP contribution in [0.5, 0.6) is 6.01 Å². The van der Waals surface area contributed by atoms with Gasteiger partial charge in [0.05, 0.1) is 23.4 Å². The van der Waals surface area contributed by atoms with E-state index in [9.17, 15) is 0 Å². The minimum absolute atomic E-state index is 0.340. The van der Waals surface area contributed by atoms with Crippen molar-refractivity contribution >= 4 is 12.7 Å². The molecule has 1 aliphatic heterocycles. The molecule has 1 aromatic rings. The fourth-order valence-corrected chi connectivity index (χ4v) is 2.32. The number of aromatic nitrogens is 2. The summed E-state index contributed by atoms with van der Waals surface area (Å²) in [7, 11) is -0.417. The van der Waals surface area contributed by atoms with E-state index in [1.54, 1.807) is 0 Å². The number of ether oxygens (including phenoxy) is 1. The highest BCUT2D eigenvalue weighted by Crippen LogP contribution is 2.39. The van der Waals surface area contributed by atoms with E-state index in [0.717, 1.165) is 5.59 Å². The Bertz CT molecular complexity index is 493. The van der Waals surface area contributed by atoms with Crippen LogP contribution in [0.25, 0.3) is 0 Å². The lowest BCUT2D eigenvalue weighted by Gasteiger charge is -2.32. The Hall–Kier alpha value is -1.01. The summed E-state index contributed by atoms with van der Waals surface area (Å²) in [5, 5.41) is 0. The fourth-order valence-electron chi connectivity index (χ4n) is 2.32. The van der Waals surface area contributed by atoms with E-state index in [2.05, 4.69) is 9.55 Å². The zero-order valence-corrected chi connectivity index (χ0v) is 13.0. The number of rotatable bonds is 4. The van der Waals surface area contributed by atoms with E-state index in [1.807, 2.05) is 40.8 Å². The van der Waals surface area contributed by atoms with Crippen molar-refractivity contribution in [1.82, 2.24) is 9.55 Å². The van der Waals surface area contributed by atoms with Gasteiger partial charge in [-0.1, -0.05) is 0 Å². The molecule has 6 heteroatoms. The van der Waals surface area contributed by atoms with Gasteiger partial charge >= 0.3 is 7.12 Å². The van der Waals surface area contributed by atoms with E-state index in [-0.39, 0.29) is 11.2 Å². The molecule has 0 bridgehead atoms. The lowest BCUT2D eigenvalue weighted by atomic mass is 9.86. The summed E-state index contributed by atoms with van der Waals surface area (Å²) in [5.41, 5.74) is 0.124. The molecule has 0 aromatic carbocycles. The molecule has 1 saturated heterocycles. The molecule has 1 saturated carbocycles. The Labute approximate surface area is 120 Å². The van der Waals surface area contributed by atoms with Gasteiger partial charge in [0, 0.05) is 12.2 Å². The van der Waals surface area contributed by atoms with Crippen molar-refractivity contribution in [1.29, 1.82) is 0 Å². The van der Waals surface area contributed by atoms with Gasteiger partial charge in [-0.05, 0) is 47.5 Å². The van der Waals surface area contributed by atoms with Crippen molar-refractivity contribution in [2.45, 2.75) is 64.7 Å². The molecule has 2 aliphatic rings. The standard InChI is InChI=1S/C14H23BN2O3/c1-6-18-12-16-11(9-17(12)10-7-8-10)15-19-13(2,3)14(4,5)20-15/h9-10H,6-8H2,1-5H3. The van der Waals surface area contributed by atoms with Crippen LogP contribution in [0, 0.1) is 0 Å². The van der Waals surface area contributed by atoms with Gasteiger partial charge in [-0.2, -0.15) is 0 Å². The third-order valence-corrected chi connectivity index (χ3v) is 4.43. The Balaban J connectivity index is 1.86. The Morgan fingerprint density at radius 3 is 2.40 bits per heavy atom. The highest BCUT2D eigenvalue weighted by atomic mass is 16.7. The SMILES string of the molecule is CCOc1nc(B2OC(C)(C)C(C)(C)O2)cn1C1CC1. The third-order valence-electron chi connectivity index (χ3n) is 4.43. The second kappa shape index (κ2) is 4.50. The van der Waals surface area contributed by atoms with Gasteiger partial charge in [0.1, 0.15) is 0 Å². The zero-order chi connectivity index (χ0) is 14.5. The molecule has 2 fully saturated rings. The summed E-state index contributed by atoms with van der Waals surface area (Å²) >= 11 is 0. The van der Waals surface area contributed by atoms with Gasteiger partial charge in [-0.25, -0.2) is 4.98 Å². The van der Waals surface area contributed by atoms with Crippen molar-refractivity contribution in [2.24, 2.45) is 0 Å². The van der Waals surface area contributed by atoms with E-state index in [0.29, 0.717) is 18.7 Å². The largest absolute Gasteiger partial charge is 0.516 e. The summed E-state index contributed by atoms with van der Waals surface area (Å²) < 4.78 is 19.8. The third kappa shape index (κ3) is 2.25. The van der Waals surface area contributed by atoms with Crippen LogP contribution >= 0.6 is 0 Å². The van der Waals surface area contributed by atoms with E-state index in [1.165, 1.54) is 12.8 Å². The molecule has 20 heavy (non-hydrogen) atoms. The van der Waals surface area contributed by atoms with Gasteiger partial charge in [-0.15, -0.1) is 0 Å². The van der Waals surface area contributed by atoms with Gasteiger partial charge < -0.3 is 14.0 Å². The molecular formula is C14H23BN2O3. The van der Waals surface area contributed by atoms with Crippen LogP contribution in [0.4, 0.5) is 0 Å². The van der Waals surface area contributed by atoms with Crippen LogP contribution in [-0.4, -0.2) is 34.5 Å². The molecule has 5 nitrogen and oxygen atoms in total. The quantitative estimate of drug-likeness (QED) is 0.789. The van der Waals surface area contributed by atoms with E-state index < -0.39 is 7.12 Å². The summed E-state index contributed by atoms with van der Waals surface area (Å²) in [4.78, 5) is 4.57. The first-order valence-electron chi connectivity index (χ1n) is 7.41. The van der Waals surface area contributed by atoms with E-state index in [4.69, 9.17) is 14.0 Å². The average Bonchev–Trinajstić information content (AvgIpc) is 3.05. The van der Waals surface area contributed by atoms with E-state index >= 15 is 0 Å². The minimum Gasteiger partial charge on any atom is -0.465 e. The number of hydrogen-bond donors (Lipinski definition) is 0. The number of nitrogens with zero attached hydrogens (tertiary/aromatic N) is 2. The minimum atomic E-state index is -0.417. The molecule has 0 amide bonds. The highest BCUT2D eigenvalue weighted by molar-refractivity contribution is 6.61. The highest BCUT2D eigenvalue weighted by Gasteiger charge is 2.53. The molecular weight excluding hydrogens is 255 g/mol. The second-order valence-electron chi connectivity index (χ2n) is 6.61. The molecule has 110 valence electrons. The Morgan fingerprint density at radius 2 is 1.90 bits per heavy atom. The number of hydrogen-bond acceptors (Lipinski definition) is 4. The van der Waals surface area contributed by atoms with Crippen LogP contribution < -0.4 is 10.3 Å². The number of imidazole rings is 1. The first-order valence-corrected chi connectivity index (χ1v) is 7.41. The predicted molar refractivity (Wildman–Crippen MR) is 77.4 cm³/mol. The molecule has 3 rings (SSSR count). The van der Waals surface area contributed by atoms with Gasteiger partial charge in [0.2, 0.25) is 0 Å². The van der Waals surface area contributed by atoms with Crippen LogP contribution in [0.3, 0.4) is 0 Å². The normalized spacial score (nSPS) is 24.1. The molecule has 2 heterocycles. The maximum atomic E-state index is 6.04. The molecule has 0 N–H and O–H groups in total. The van der Waals surface area contributed by atoms with Crippen molar-refractivity contribution in [3.8, 4) is 6.01 Å². The summed E-state index contributed by atoms with van der Waals surface area (Å²) in [6.07, 6.45) is 4.41. The smallest absolute Gasteiger partial charge is 0.465 e. The second-order valence-corrected chi connectivity index (χ2v) is 6.61. The van der Waals surface area contributed by atoms with Crippen LogP contribution in [0.15, 0.2) is 6.20 Å². The molecule has 0 unspecified atom stereocenters. The molecule has 0 radical (unpaired) electrons. The predicted octanol–water partition coefficient (Wildman–Crippen LogP) is 1.92. The fraction of sp³-hybridized carbons (Fsp3) is 0.786. The zero-order valence-electron chi connectivity index (χ0n) is 13.0. The molecule has 1 aliphatic carbocycles. The van der Waals surface area contributed by atoms with Gasteiger partial charge in [0.25, 0.3) is 6.01 Å². The topological polar surface area (TPSA) is 45.5 Å². The molecule has 0 atom stereocenters. The monoisotopic (exact) mass is 278 g/mol. The lowest BCUT2D eigenvalue weighted by Crippen LogP contribution is -2.41. The average molecular weight is 278 g/mol. The van der Waals surface area contributed by atoms with Crippen molar-refractivity contribution in [3.05, 3.63) is 6.20 Å². The van der Waals surface area contributed by atoms with Crippen molar-refractivity contribution < 1.29 is 14.0 Å². The maximum absolute atomic E-state index is 6.04. The molecule has 0 spiro atoms. The summed E-state index contributed by atoms with van der Waals surface area (Å²) in [5.74, 6) is 0. The Kier molecular flexibility index (Phi) is 3.14. The van der Waals surface area contributed by atoms with Gasteiger partial charge in [0.15, 0.2) is 0 Å². The Morgan fingerprint density at radius 1 is 1.30 bits per heavy atom. The maximum Gasteiger partial charge on any atom is 0.516 e. The van der Waals surface area contributed by atoms with Crippen molar-refractivity contribution in [3.63, 3.8) is 0 Å². The first kappa shape index (κ1) is 14.0. The van der Waals surface area contributed by atoms with Crippen LogP contribution in [0.1, 0.15) is 53.5 Å². The van der Waals surface area contributed by atoms with Gasteiger partial charge in [-0.3, -0.25) is 4.57 Å².